The van der Waals surface area contributed by atoms with E-state index in [0.717, 1.165) is 9.37 Å². The summed E-state index contributed by atoms with van der Waals surface area (Å²) in [7, 11) is 0. The first-order valence-corrected chi connectivity index (χ1v) is 5.81. The first-order chi connectivity index (χ1) is 6.75. The number of hydrogen-bond donors (Lipinski definition) is 1. The lowest BCUT2D eigenvalue weighted by Crippen LogP contribution is -1.88. The quantitative estimate of drug-likeness (QED) is 0.881. The molecule has 6 heteroatoms. The Morgan fingerprint density at radius 1 is 1.43 bits per heavy atom. The lowest BCUT2D eigenvalue weighted by Gasteiger charge is -2.00. The number of anilines is 1. The van der Waals surface area contributed by atoms with Crippen LogP contribution < -0.4 is 5.73 Å². The molecule has 0 aliphatic heterocycles. The summed E-state index contributed by atoms with van der Waals surface area (Å²) in [4.78, 5) is 8.25. The van der Waals surface area contributed by atoms with Crippen LogP contribution in [-0.2, 0) is 0 Å². The van der Waals surface area contributed by atoms with Crippen LogP contribution in [0.5, 0.6) is 0 Å². The molecule has 0 aliphatic carbocycles. The van der Waals surface area contributed by atoms with E-state index in [1.54, 1.807) is 29.8 Å². The number of nitrogen functional groups attached to an aromatic ring is 1. The van der Waals surface area contributed by atoms with E-state index in [9.17, 15) is 0 Å². The van der Waals surface area contributed by atoms with Crippen molar-refractivity contribution in [2.75, 3.05) is 5.73 Å². The Hall–Kier alpha value is -0.780. The topological polar surface area (TPSA) is 51.8 Å². The summed E-state index contributed by atoms with van der Waals surface area (Å²) in [6.07, 6.45) is 3.33. The van der Waals surface area contributed by atoms with Crippen molar-refractivity contribution in [1.82, 2.24) is 9.97 Å². The molecular weight excluding hydrogens is 238 g/mol. The second-order valence-corrected chi connectivity index (χ2v) is 4.99. The lowest BCUT2D eigenvalue weighted by molar-refractivity contribution is 1.13. The van der Waals surface area contributed by atoms with Gasteiger partial charge >= 0.3 is 0 Å². The van der Waals surface area contributed by atoms with E-state index in [1.165, 1.54) is 11.8 Å². The van der Waals surface area contributed by atoms with E-state index >= 15 is 0 Å². The summed E-state index contributed by atoms with van der Waals surface area (Å²) in [5, 5.41) is 3.20. The van der Waals surface area contributed by atoms with Crippen LogP contribution in [0.15, 0.2) is 33.2 Å². The molecule has 2 N–H and O–H groups in total. The fourth-order valence-electron chi connectivity index (χ4n) is 0.859. The largest absolute Gasteiger partial charge is 0.397 e. The molecule has 0 fully saturated rings. The highest BCUT2D eigenvalue weighted by molar-refractivity contribution is 8.01. The minimum Gasteiger partial charge on any atom is -0.397 e. The minimum absolute atomic E-state index is 0.560. The van der Waals surface area contributed by atoms with Crippen LogP contribution in [0.2, 0.25) is 5.02 Å². The maximum absolute atomic E-state index is 5.96. The normalized spacial score (nSPS) is 10.4. The van der Waals surface area contributed by atoms with Crippen molar-refractivity contribution in [2.45, 2.75) is 9.37 Å². The van der Waals surface area contributed by atoms with Crippen molar-refractivity contribution >= 4 is 40.4 Å². The summed E-state index contributed by atoms with van der Waals surface area (Å²) >= 11 is 8.95. The number of aromatic nitrogens is 2. The number of hydrogen-bond acceptors (Lipinski definition) is 5. The predicted molar refractivity (Wildman–Crippen MR) is 59.9 cm³/mol. The molecule has 2 aromatic heterocycles. The summed E-state index contributed by atoms with van der Waals surface area (Å²) in [6.45, 7) is 0. The molecule has 0 saturated heterocycles. The van der Waals surface area contributed by atoms with Crippen LogP contribution in [0.25, 0.3) is 0 Å². The van der Waals surface area contributed by atoms with E-state index in [4.69, 9.17) is 17.3 Å². The Labute approximate surface area is 94.3 Å². The molecule has 0 amide bonds. The predicted octanol–water partition coefficient (Wildman–Crippen LogP) is 2.92. The van der Waals surface area contributed by atoms with Crippen molar-refractivity contribution in [3.05, 3.63) is 28.9 Å². The molecule has 3 nitrogen and oxygen atoms in total. The van der Waals surface area contributed by atoms with Gasteiger partial charge in [-0.05, 0) is 17.8 Å². The van der Waals surface area contributed by atoms with Gasteiger partial charge in [0.05, 0.1) is 16.9 Å². The number of halogens is 1. The monoisotopic (exact) mass is 243 g/mol. The van der Waals surface area contributed by atoms with Gasteiger partial charge in [0.2, 0.25) is 0 Å². The van der Waals surface area contributed by atoms with Gasteiger partial charge in [-0.25, -0.2) is 9.97 Å². The number of thiazole rings is 1. The molecule has 0 aromatic carbocycles. The van der Waals surface area contributed by atoms with Crippen molar-refractivity contribution < 1.29 is 0 Å². The summed E-state index contributed by atoms with van der Waals surface area (Å²) in [6, 6.07) is 1.69. The van der Waals surface area contributed by atoms with Gasteiger partial charge in [0.15, 0.2) is 4.34 Å². The molecule has 2 rings (SSSR count). The molecule has 0 unspecified atom stereocenters. The van der Waals surface area contributed by atoms with Gasteiger partial charge in [-0.1, -0.05) is 11.6 Å². The van der Waals surface area contributed by atoms with Crippen LogP contribution in [0.4, 0.5) is 5.69 Å². The van der Waals surface area contributed by atoms with Gasteiger partial charge in [0.1, 0.15) is 5.03 Å². The van der Waals surface area contributed by atoms with E-state index < -0.39 is 0 Å². The standard InChI is InChI=1S/C8H6ClN3S2/c9-6-3-5(10)4-12-7(6)14-8-11-1-2-13-8/h1-4H,10H2. The molecule has 0 saturated carbocycles. The van der Waals surface area contributed by atoms with Gasteiger partial charge in [-0.2, -0.15) is 0 Å². The van der Waals surface area contributed by atoms with Gasteiger partial charge < -0.3 is 5.73 Å². The van der Waals surface area contributed by atoms with Gasteiger partial charge in [-0.3, -0.25) is 0 Å². The SMILES string of the molecule is Nc1cnc(Sc2nccs2)c(Cl)c1. The Kier molecular flexibility index (Phi) is 2.90. The third-order valence-corrected chi connectivity index (χ3v) is 3.72. The third-order valence-electron chi connectivity index (χ3n) is 1.42. The number of rotatable bonds is 2. The maximum atomic E-state index is 5.96. The van der Waals surface area contributed by atoms with Crippen LogP contribution in [0.3, 0.4) is 0 Å². The molecule has 14 heavy (non-hydrogen) atoms. The fourth-order valence-corrected chi connectivity index (χ4v) is 2.65. The lowest BCUT2D eigenvalue weighted by atomic mass is 10.4. The maximum Gasteiger partial charge on any atom is 0.156 e. The molecule has 0 bridgehead atoms. The molecule has 72 valence electrons. The second kappa shape index (κ2) is 4.16. The zero-order chi connectivity index (χ0) is 9.97. The van der Waals surface area contributed by atoms with Gasteiger partial charge in [0.25, 0.3) is 0 Å². The highest BCUT2D eigenvalue weighted by Crippen LogP contribution is 2.33. The van der Waals surface area contributed by atoms with Crippen LogP contribution in [0, 0.1) is 0 Å². The van der Waals surface area contributed by atoms with Crippen molar-refractivity contribution in [3.8, 4) is 0 Å². The van der Waals surface area contributed by atoms with E-state index in [2.05, 4.69) is 9.97 Å². The number of nitrogens with zero attached hydrogens (tertiary/aromatic N) is 2. The summed E-state index contributed by atoms with van der Waals surface area (Å²) < 4.78 is 0.921. The zero-order valence-corrected chi connectivity index (χ0v) is 9.36. The van der Waals surface area contributed by atoms with Crippen molar-refractivity contribution in [2.24, 2.45) is 0 Å². The van der Waals surface area contributed by atoms with Crippen LogP contribution >= 0.6 is 34.7 Å². The summed E-state index contributed by atoms with van der Waals surface area (Å²) in [5.74, 6) is 0. The molecule has 0 spiro atoms. The van der Waals surface area contributed by atoms with Crippen molar-refractivity contribution in [1.29, 1.82) is 0 Å². The third kappa shape index (κ3) is 2.17. The first kappa shape index (κ1) is 9.76. The van der Waals surface area contributed by atoms with Crippen LogP contribution in [0.1, 0.15) is 0 Å². The van der Waals surface area contributed by atoms with Crippen LogP contribution in [-0.4, -0.2) is 9.97 Å². The van der Waals surface area contributed by atoms with Gasteiger partial charge in [-0.15, -0.1) is 11.3 Å². The first-order valence-electron chi connectivity index (χ1n) is 3.74. The molecule has 0 atom stereocenters. The average molecular weight is 244 g/mol. The molecule has 0 radical (unpaired) electrons. The zero-order valence-electron chi connectivity index (χ0n) is 6.98. The van der Waals surface area contributed by atoms with Gasteiger partial charge in [0, 0.05) is 11.6 Å². The van der Waals surface area contributed by atoms with E-state index in [0.29, 0.717) is 10.7 Å². The molecule has 2 aromatic rings. The molecule has 2 heterocycles. The molecule has 0 aliphatic rings. The Bertz CT molecular complexity index is 430. The number of pyridine rings is 1. The average Bonchev–Trinajstić information content (AvgIpc) is 2.62. The molecular formula is C8H6ClN3S2. The number of nitrogens with two attached hydrogens (primary N) is 1. The van der Waals surface area contributed by atoms with E-state index in [-0.39, 0.29) is 0 Å². The fraction of sp³-hybridized carbons (Fsp3) is 0. The minimum atomic E-state index is 0.560. The Morgan fingerprint density at radius 3 is 2.93 bits per heavy atom. The van der Waals surface area contributed by atoms with E-state index in [1.807, 2.05) is 5.38 Å². The smallest absolute Gasteiger partial charge is 0.156 e. The van der Waals surface area contributed by atoms with Crippen molar-refractivity contribution in [3.63, 3.8) is 0 Å². The summed E-state index contributed by atoms with van der Waals surface area (Å²) in [5.41, 5.74) is 6.10. The Morgan fingerprint density at radius 2 is 2.29 bits per heavy atom. The highest BCUT2D eigenvalue weighted by atomic mass is 35.5. The second-order valence-electron chi connectivity index (χ2n) is 2.46. The highest BCUT2D eigenvalue weighted by Gasteiger charge is 2.06. The Balaban J connectivity index is 2.25.